The van der Waals surface area contributed by atoms with E-state index in [9.17, 15) is 0 Å². The number of hydrogen-bond donors (Lipinski definition) is 0. The van der Waals surface area contributed by atoms with Crippen molar-refractivity contribution in [3.8, 4) is 0 Å². The molecule has 0 spiro atoms. The number of hydrogen-bond acceptors (Lipinski definition) is 4. The maximum absolute atomic E-state index is 6.47. The second-order valence-corrected chi connectivity index (χ2v) is 14.8. The molecule has 1 rings (SSSR count). The summed E-state index contributed by atoms with van der Waals surface area (Å²) in [5.41, 5.74) is -1.11. The third-order valence-electron chi connectivity index (χ3n) is 2.30. The molecule has 0 N–H and O–H groups in total. The Bertz CT molecular complexity index is 429. The number of aromatic nitrogens is 1. The minimum atomic E-state index is -4.12. The summed E-state index contributed by atoms with van der Waals surface area (Å²) in [6.45, 7) is 18.2. The van der Waals surface area contributed by atoms with E-state index in [1.165, 1.54) is 0 Å². The Morgan fingerprint density at radius 3 is 1.41 bits per heavy atom. The van der Waals surface area contributed by atoms with Crippen LogP contribution < -0.4 is 3.71 Å². The first-order chi connectivity index (χ1) is 9.73. The van der Waals surface area contributed by atoms with Gasteiger partial charge in [-0.1, -0.05) is 0 Å². The van der Waals surface area contributed by atoms with Crippen molar-refractivity contribution in [2.24, 2.45) is 0 Å². The van der Waals surface area contributed by atoms with E-state index >= 15 is 0 Å². The van der Waals surface area contributed by atoms with E-state index in [4.69, 9.17) is 9.22 Å². The van der Waals surface area contributed by atoms with Crippen LogP contribution in [0.1, 0.15) is 62.3 Å². The minimum absolute atomic E-state index is 0.371. The molecule has 0 radical (unpaired) electrons. The average molecular weight is 416 g/mol. The molecule has 0 aliphatic heterocycles. The van der Waals surface area contributed by atoms with Gasteiger partial charge >= 0.3 is 141 Å². The average Bonchev–Trinajstić information content (AvgIpc) is 2.22. The van der Waals surface area contributed by atoms with E-state index < -0.39 is 19.6 Å². The fourth-order valence-corrected chi connectivity index (χ4v) is 11.6. The zero-order valence-electron chi connectivity index (χ0n) is 15.5. The van der Waals surface area contributed by atoms with Gasteiger partial charge in [0.2, 0.25) is 0 Å². The summed E-state index contributed by atoms with van der Waals surface area (Å²) in [6.07, 6.45) is 1.77. The molecule has 0 aliphatic carbocycles. The monoisotopic (exact) mass is 417 g/mol. The van der Waals surface area contributed by atoms with E-state index in [0.717, 1.165) is 3.71 Å². The predicted molar refractivity (Wildman–Crippen MR) is 92.1 cm³/mol. The van der Waals surface area contributed by atoms with Crippen molar-refractivity contribution in [3.05, 3.63) is 24.4 Å². The van der Waals surface area contributed by atoms with Gasteiger partial charge in [0.15, 0.2) is 0 Å². The standard InChI is InChI=1S/C5H4N.3C4H9O.Sn/c1-2-4-6-5-3-1;3*1-4(2,3)5;/h1-4H;3*1-3H3;/q;3*-1;+3. The molecule has 5 heteroatoms. The molecule has 0 aromatic carbocycles. The molecule has 22 heavy (non-hydrogen) atoms. The molecule has 0 fully saturated rings. The Kier molecular flexibility index (Phi) is 6.10. The van der Waals surface area contributed by atoms with Gasteiger partial charge in [-0.3, -0.25) is 0 Å². The zero-order valence-corrected chi connectivity index (χ0v) is 18.3. The summed E-state index contributed by atoms with van der Waals surface area (Å²) in [5, 5.41) is 0. The van der Waals surface area contributed by atoms with Crippen LogP contribution in [0, 0.1) is 0 Å². The third kappa shape index (κ3) is 6.94. The molecule has 0 saturated heterocycles. The Hall–Kier alpha value is -0.171. The van der Waals surface area contributed by atoms with Crippen LogP contribution >= 0.6 is 0 Å². The first-order valence-electron chi connectivity index (χ1n) is 7.75. The van der Waals surface area contributed by atoms with Crippen molar-refractivity contribution in [2.45, 2.75) is 79.1 Å². The maximum atomic E-state index is 6.47. The fraction of sp³-hybridized carbons (Fsp3) is 0.706. The number of nitrogens with zero attached hydrogens (tertiary/aromatic N) is 1. The summed E-state index contributed by atoms with van der Waals surface area (Å²) >= 11 is -4.12. The van der Waals surface area contributed by atoms with Crippen molar-refractivity contribution in [1.29, 1.82) is 0 Å². The van der Waals surface area contributed by atoms with Crippen molar-refractivity contribution in [3.63, 3.8) is 0 Å². The van der Waals surface area contributed by atoms with Gasteiger partial charge in [0.05, 0.1) is 0 Å². The molecule has 0 aliphatic rings. The second kappa shape index (κ2) is 6.75. The van der Waals surface area contributed by atoms with Gasteiger partial charge in [-0.15, -0.1) is 0 Å². The first kappa shape index (κ1) is 19.9. The SMILES string of the molecule is CC(C)(C)[O][Sn]([O]C(C)(C)C)([O]C(C)(C)C)[c]1ccccn1. The van der Waals surface area contributed by atoms with Crippen LogP contribution in [-0.4, -0.2) is 41.4 Å². The quantitative estimate of drug-likeness (QED) is 0.703. The molecule has 0 bridgehead atoms. The van der Waals surface area contributed by atoms with Gasteiger partial charge in [-0.05, 0) is 0 Å². The van der Waals surface area contributed by atoms with Crippen LogP contribution in [0.5, 0.6) is 0 Å². The molecular weight excluding hydrogens is 385 g/mol. The third-order valence-corrected chi connectivity index (χ3v) is 12.5. The van der Waals surface area contributed by atoms with Gasteiger partial charge in [-0.2, -0.15) is 0 Å². The van der Waals surface area contributed by atoms with Gasteiger partial charge in [-0.25, -0.2) is 0 Å². The predicted octanol–water partition coefficient (Wildman–Crippen LogP) is 3.67. The molecule has 1 aromatic heterocycles. The Balaban J connectivity index is 3.41. The van der Waals surface area contributed by atoms with E-state index in [1.807, 2.05) is 80.5 Å². The van der Waals surface area contributed by atoms with Crippen LogP contribution in [0.25, 0.3) is 0 Å². The van der Waals surface area contributed by atoms with Crippen molar-refractivity contribution in [1.82, 2.24) is 4.98 Å². The van der Waals surface area contributed by atoms with Gasteiger partial charge in [0.1, 0.15) is 0 Å². The zero-order chi connectivity index (χ0) is 17.2. The van der Waals surface area contributed by atoms with Gasteiger partial charge in [0.25, 0.3) is 0 Å². The van der Waals surface area contributed by atoms with Crippen molar-refractivity contribution >= 4 is 23.3 Å². The summed E-state index contributed by atoms with van der Waals surface area (Å²) < 4.78 is 20.2. The van der Waals surface area contributed by atoms with Crippen LogP contribution in [0.15, 0.2) is 24.4 Å². The van der Waals surface area contributed by atoms with Crippen LogP contribution in [0.3, 0.4) is 0 Å². The van der Waals surface area contributed by atoms with Gasteiger partial charge in [0, 0.05) is 0 Å². The van der Waals surface area contributed by atoms with E-state index in [-0.39, 0.29) is 16.8 Å². The van der Waals surface area contributed by atoms with E-state index in [0.29, 0.717) is 0 Å². The van der Waals surface area contributed by atoms with Crippen LogP contribution in [0.4, 0.5) is 0 Å². The van der Waals surface area contributed by atoms with Crippen molar-refractivity contribution < 1.29 is 9.22 Å². The fourth-order valence-electron chi connectivity index (χ4n) is 1.97. The van der Waals surface area contributed by atoms with Crippen LogP contribution in [0.2, 0.25) is 0 Å². The molecule has 0 atom stereocenters. The summed E-state index contributed by atoms with van der Waals surface area (Å²) in [7, 11) is 0. The summed E-state index contributed by atoms with van der Waals surface area (Å²) in [5.74, 6) is 0. The van der Waals surface area contributed by atoms with E-state index in [1.54, 1.807) is 6.20 Å². The second-order valence-electron chi connectivity index (χ2n) is 8.41. The molecule has 1 heterocycles. The molecule has 126 valence electrons. The molecule has 0 amide bonds. The Morgan fingerprint density at radius 2 is 1.14 bits per heavy atom. The Morgan fingerprint density at radius 1 is 0.727 bits per heavy atom. The normalized spacial score (nSPS) is 14.2. The Labute approximate surface area is 141 Å². The molecular formula is C17H31NO3Sn. The van der Waals surface area contributed by atoms with Crippen molar-refractivity contribution in [2.75, 3.05) is 0 Å². The summed E-state index contributed by atoms with van der Waals surface area (Å²) in [6, 6.07) is 5.81. The molecule has 1 aromatic rings. The van der Waals surface area contributed by atoms with E-state index in [2.05, 4.69) is 4.98 Å². The van der Waals surface area contributed by atoms with Crippen LogP contribution in [-0.2, 0) is 9.22 Å². The number of pyridine rings is 1. The molecule has 0 saturated carbocycles. The number of rotatable bonds is 4. The first-order valence-corrected chi connectivity index (χ1v) is 12.7. The molecule has 0 unspecified atom stereocenters. The molecule has 4 nitrogen and oxygen atoms in total. The topological polar surface area (TPSA) is 40.6 Å². The van der Waals surface area contributed by atoms with Gasteiger partial charge < -0.3 is 0 Å². The summed E-state index contributed by atoms with van der Waals surface area (Å²) in [4.78, 5) is 4.52.